The minimum absolute atomic E-state index is 1.08. The van der Waals surface area contributed by atoms with Crippen molar-refractivity contribution in [3.63, 3.8) is 0 Å². The van der Waals surface area contributed by atoms with Crippen molar-refractivity contribution in [2.24, 2.45) is 0 Å². The van der Waals surface area contributed by atoms with E-state index in [-0.39, 0.29) is 0 Å². The summed E-state index contributed by atoms with van der Waals surface area (Å²) in [7, 11) is 0. The summed E-state index contributed by atoms with van der Waals surface area (Å²) in [5.41, 5.74) is 8.11. The first-order valence-electron chi connectivity index (χ1n) is 9.68. The summed E-state index contributed by atoms with van der Waals surface area (Å²) in [6.45, 7) is 0. The second-order valence-corrected chi connectivity index (χ2v) is 6.91. The van der Waals surface area contributed by atoms with Gasteiger partial charge in [0, 0.05) is 0 Å². The van der Waals surface area contributed by atoms with Crippen LogP contribution in [-0.2, 0) is 12.8 Å². The fourth-order valence-electron chi connectivity index (χ4n) is 3.74. The van der Waals surface area contributed by atoms with Gasteiger partial charge in [-0.05, 0) is 52.6 Å². The lowest BCUT2D eigenvalue weighted by Gasteiger charge is -2.16. The first-order chi connectivity index (χ1) is 13.4. The van der Waals surface area contributed by atoms with Gasteiger partial charge in [0.2, 0.25) is 0 Å². The van der Waals surface area contributed by atoms with Gasteiger partial charge in [-0.3, -0.25) is 0 Å². The minimum Gasteiger partial charge on any atom is -0.0622 e. The third-order valence-corrected chi connectivity index (χ3v) is 5.05. The molecule has 4 aromatic carbocycles. The molecule has 0 heterocycles. The maximum Gasteiger partial charge on any atom is -0.00733 e. The molecular weight excluding hydrogens is 324 g/mol. The second-order valence-electron chi connectivity index (χ2n) is 6.91. The number of aryl methyl sites for hydroxylation is 2. The van der Waals surface area contributed by atoms with Crippen LogP contribution in [-0.4, -0.2) is 0 Å². The third kappa shape index (κ3) is 4.17. The van der Waals surface area contributed by atoms with Crippen LogP contribution in [0.5, 0.6) is 0 Å². The zero-order valence-corrected chi connectivity index (χ0v) is 15.5. The van der Waals surface area contributed by atoms with Crippen LogP contribution in [0.2, 0.25) is 0 Å². The van der Waals surface area contributed by atoms with Gasteiger partial charge < -0.3 is 0 Å². The van der Waals surface area contributed by atoms with Gasteiger partial charge in [-0.1, -0.05) is 109 Å². The molecule has 0 amide bonds. The molecule has 0 spiro atoms. The maximum atomic E-state index is 2.29. The van der Waals surface area contributed by atoms with Crippen LogP contribution < -0.4 is 0 Å². The predicted molar refractivity (Wildman–Crippen MR) is 116 cm³/mol. The molecule has 0 radical (unpaired) electrons. The van der Waals surface area contributed by atoms with Crippen molar-refractivity contribution < 1.29 is 0 Å². The molecule has 0 saturated carbocycles. The number of hydrogen-bond donors (Lipinski definition) is 0. The molecule has 0 aliphatic carbocycles. The normalized spacial score (nSPS) is 10.7. The topological polar surface area (TPSA) is 0 Å². The van der Waals surface area contributed by atoms with E-state index < -0.39 is 0 Å². The van der Waals surface area contributed by atoms with Crippen molar-refractivity contribution >= 4 is 0 Å². The molecule has 0 aliphatic rings. The highest BCUT2D eigenvalue weighted by Gasteiger charge is 2.12. The monoisotopic (exact) mass is 348 g/mol. The molecule has 132 valence electrons. The Morgan fingerprint density at radius 2 is 1.04 bits per heavy atom. The molecule has 27 heavy (non-hydrogen) atoms. The van der Waals surface area contributed by atoms with Crippen molar-refractivity contribution in [3.8, 4) is 22.3 Å². The molecule has 0 fully saturated rings. The van der Waals surface area contributed by atoms with Gasteiger partial charge in [-0.15, -0.1) is 0 Å². The van der Waals surface area contributed by atoms with Crippen molar-refractivity contribution in [1.82, 2.24) is 0 Å². The summed E-state index contributed by atoms with van der Waals surface area (Å²) in [6, 6.07) is 39.0. The van der Waals surface area contributed by atoms with E-state index in [9.17, 15) is 0 Å². The van der Waals surface area contributed by atoms with Gasteiger partial charge in [0.1, 0.15) is 0 Å². The van der Waals surface area contributed by atoms with Crippen molar-refractivity contribution in [2.75, 3.05) is 0 Å². The van der Waals surface area contributed by atoms with Gasteiger partial charge in [0.05, 0.1) is 0 Å². The molecule has 4 rings (SSSR count). The highest BCUT2D eigenvalue weighted by Crippen LogP contribution is 2.35. The van der Waals surface area contributed by atoms with E-state index in [1.165, 1.54) is 33.4 Å². The van der Waals surface area contributed by atoms with E-state index in [0.717, 1.165) is 19.3 Å². The minimum atomic E-state index is 1.08. The zero-order valence-electron chi connectivity index (χ0n) is 15.5. The third-order valence-electron chi connectivity index (χ3n) is 5.05. The van der Waals surface area contributed by atoms with Crippen LogP contribution in [0, 0.1) is 0 Å². The number of hydrogen-bond acceptors (Lipinski definition) is 0. The predicted octanol–water partition coefficient (Wildman–Crippen LogP) is 7.20. The Hall–Kier alpha value is -3.12. The van der Waals surface area contributed by atoms with Crippen LogP contribution in [0.3, 0.4) is 0 Å². The zero-order chi connectivity index (χ0) is 18.3. The smallest absolute Gasteiger partial charge is 0.00733 e. The molecule has 0 nitrogen and oxygen atoms in total. The highest BCUT2D eigenvalue weighted by atomic mass is 14.2. The average Bonchev–Trinajstić information content (AvgIpc) is 2.75. The fourth-order valence-corrected chi connectivity index (χ4v) is 3.74. The van der Waals surface area contributed by atoms with Crippen LogP contribution in [0.4, 0.5) is 0 Å². The van der Waals surface area contributed by atoms with Gasteiger partial charge in [0.15, 0.2) is 0 Å². The molecule has 4 aromatic rings. The fraction of sp³-hybridized carbons (Fsp3) is 0.111. The highest BCUT2D eigenvalue weighted by molar-refractivity contribution is 5.85. The molecule has 0 saturated heterocycles. The summed E-state index contributed by atoms with van der Waals surface area (Å²) >= 11 is 0. The van der Waals surface area contributed by atoms with Crippen molar-refractivity contribution in [1.29, 1.82) is 0 Å². The maximum absolute atomic E-state index is 2.29. The number of benzene rings is 4. The Balaban J connectivity index is 1.68. The van der Waals surface area contributed by atoms with Crippen LogP contribution >= 0.6 is 0 Å². The lowest BCUT2D eigenvalue weighted by atomic mass is 9.88. The summed E-state index contributed by atoms with van der Waals surface area (Å²) in [6.07, 6.45) is 3.35. The molecule has 0 heteroatoms. The first-order valence-corrected chi connectivity index (χ1v) is 9.68. The summed E-state index contributed by atoms with van der Waals surface area (Å²) < 4.78 is 0. The summed E-state index contributed by atoms with van der Waals surface area (Å²) in [4.78, 5) is 0. The second kappa shape index (κ2) is 8.51. The molecule has 0 aromatic heterocycles. The molecule has 0 atom stereocenters. The average molecular weight is 348 g/mol. The SMILES string of the molecule is c1ccc(CCCc2cccc(-c3ccccc3)c2-c2ccccc2)cc1. The standard InChI is InChI=1S/C27H24/c1-4-12-22(13-5-1)14-10-19-25-20-11-21-26(23-15-6-2-7-16-23)27(25)24-17-8-3-9-18-24/h1-9,11-13,15-18,20-21H,10,14,19H2. The Morgan fingerprint density at radius 1 is 0.444 bits per heavy atom. The lowest BCUT2D eigenvalue weighted by Crippen LogP contribution is -1.96. The van der Waals surface area contributed by atoms with E-state index >= 15 is 0 Å². The van der Waals surface area contributed by atoms with E-state index in [1.54, 1.807) is 0 Å². The van der Waals surface area contributed by atoms with Gasteiger partial charge in [-0.2, -0.15) is 0 Å². The molecule has 0 aliphatic heterocycles. The van der Waals surface area contributed by atoms with Crippen LogP contribution in [0.15, 0.2) is 109 Å². The van der Waals surface area contributed by atoms with E-state index in [1.807, 2.05) is 0 Å². The number of rotatable bonds is 6. The van der Waals surface area contributed by atoms with Crippen molar-refractivity contribution in [3.05, 3.63) is 120 Å². The first kappa shape index (κ1) is 17.3. The van der Waals surface area contributed by atoms with E-state index in [0.29, 0.717) is 0 Å². The lowest BCUT2D eigenvalue weighted by molar-refractivity contribution is 0.822. The van der Waals surface area contributed by atoms with Gasteiger partial charge >= 0.3 is 0 Å². The molecule has 0 bridgehead atoms. The van der Waals surface area contributed by atoms with Gasteiger partial charge in [-0.25, -0.2) is 0 Å². The van der Waals surface area contributed by atoms with Crippen LogP contribution in [0.1, 0.15) is 17.5 Å². The molecular formula is C27H24. The summed E-state index contributed by atoms with van der Waals surface area (Å²) in [5.74, 6) is 0. The molecule has 0 N–H and O–H groups in total. The molecule has 0 unspecified atom stereocenters. The van der Waals surface area contributed by atoms with Gasteiger partial charge in [0.25, 0.3) is 0 Å². The van der Waals surface area contributed by atoms with Crippen molar-refractivity contribution in [2.45, 2.75) is 19.3 Å². The summed E-state index contributed by atoms with van der Waals surface area (Å²) in [5, 5.41) is 0. The Bertz CT molecular complexity index is 970. The van der Waals surface area contributed by atoms with Crippen LogP contribution in [0.25, 0.3) is 22.3 Å². The Morgan fingerprint density at radius 3 is 1.70 bits per heavy atom. The Labute approximate surface area is 162 Å². The van der Waals surface area contributed by atoms with E-state index in [4.69, 9.17) is 0 Å². The largest absolute Gasteiger partial charge is 0.0622 e. The Kier molecular flexibility index (Phi) is 5.45. The van der Waals surface area contributed by atoms with E-state index in [2.05, 4.69) is 109 Å². The quantitative estimate of drug-likeness (QED) is 0.346.